The molecular formula is C28H25FN2O3S. The molecule has 5 rings (SSSR count). The Balaban J connectivity index is 1.53. The van der Waals surface area contributed by atoms with Crippen LogP contribution in [-0.2, 0) is 16.6 Å². The fraction of sp³-hybridized carbons (Fsp3) is 0.143. The van der Waals surface area contributed by atoms with E-state index in [2.05, 4.69) is 0 Å². The van der Waals surface area contributed by atoms with Gasteiger partial charge in [0.25, 0.3) is 10.0 Å². The summed E-state index contributed by atoms with van der Waals surface area (Å²) in [5, 5.41) is 13.3. The second-order valence-electron chi connectivity index (χ2n) is 8.62. The highest BCUT2D eigenvalue weighted by molar-refractivity contribution is 7.92. The second kappa shape index (κ2) is 9.17. The topological polar surface area (TPSA) is 62.5 Å². The average molecular weight is 489 g/mol. The zero-order valence-electron chi connectivity index (χ0n) is 19.2. The van der Waals surface area contributed by atoms with E-state index in [0.717, 1.165) is 39.5 Å². The molecule has 0 amide bonds. The first-order valence-electron chi connectivity index (χ1n) is 11.3. The van der Waals surface area contributed by atoms with Gasteiger partial charge in [0.05, 0.1) is 29.8 Å². The number of hydrogen-bond acceptors (Lipinski definition) is 3. The number of sulfonamides is 1. The largest absolute Gasteiger partial charge is 0.389 e. The van der Waals surface area contributed by atoms with E-state index in [1.165, 1.54) is 16.4 Å². The summed E-state index contributed by atoms with van der Waals surface area (Å²) in [6.45, 7) is 1.96. The molecule has 1 heterocycles. The lowest BCUT2D eigenvalue weighted by Gasteiger charge is -2.27. The third kappa shape index (κ3) is 4.40. The monoisotopic (exact) mass is 488 g/mol. The Hall–Kier alpha value is -3.68. The quantitative estimate of drug-likeness (QED) is 0.329. The summed E-state index contributed by atoms with van der Waals surface area (Å²) in [5.74, 6) is -0.516. The molecule has 0 aliphatic rings. The minimum Gasteiger partial charge on any atom is -0.389 e. The van der Waals surface area contributed by atoms with Crippen LogP contribution in [0.2, 0.25) is 0 Å². The molecule has 0 aliphatic carbocycles. The highest BCUT2D eigenvalue weighted by Crippen LogP contribution is 2.30. The minimum atomic E-state index is -4.05. The highest BCUT2D eigenvalue weighted by Gasteiger charge is 2.28. The summed E-state index contributed by atoms with van der Waals surface area (Å²) in [7, 11) is -4.05. The Labute approximate surface area is 203 Å². The maximum absolute atomic E-state index is 13.6. The molecular weight excluding hydrogens is 463 g/mol. The van der Waals surface area contributed by atoms with Gasteiger partial charge in [-0.25, -0.2) is 12.8 Å². The lowest BCUT2D eigenvalue weighted by atomic mass is 10.2. The van der Waals surface area contributed by atoms with Crippen LogP contribution in [-0.4, -0.2) is 30.7 Å². The van der Waals surface area contributed by atoms with Gasteiger partial charge in [-0.1, -0.05) is 54.1 Å². The summed E-state index contributed by atoms with van der Waals surface area (Å²) in [5.41, 5.74) is 3.35. The van der Waals surface area contributed by atoms with Gasteiger partial charge in [-0.15, -0.1) is 0 Å². The lowest BCUT2D eigenvalue weighted by Crippen LogP contribution is -2.39. The summed E-state index contributed by atoms with van der Waals surface area (Å²) in [4.78, 5) is -0.0384. The molecule has 0 saturated heterocycles. The number of fused-ring (bicyclic) bond motifs is 3. The molecule has 4 aromatic carbocycles. The Kier molecular flexibility index (Phi) is 6.05. The Morgan fingerprint density at radius 3 is 1.94 bits per heavy atom. The molecule has 0 radical (unpaired) electrons. The second-order valence-corrected chi connectivity index (χ2v) is 10.5. The first-order chi connectivity index (χ1) is 16.8. The fourth-order valence-electron chi connectivity index (χ4n) is 4.45. The van der Waals surface area contributed by atoms with Crippen LogP contribution < -0.4 is 4.31 Å². The van der Waals surface area contributed by atoms with Crippen molar-refractivity contribution in [1.82, 2.24) is 4.57 Å². The van der Waals surface area contributed by atoms with Crippen LogP contribution >= 0.6 is 0 Å². The zero-order valence-corrected chi connectivity index (χ0v) is 20.0. The van der Waals surface area contributed by atoms with E-state index in [4.69, 9.17) is 0 Å². The SMILES string of the molecule is Cc1ccc(N(C[C@H](O)Cn2c3ccccc3c3ccccc32)S(=O)(=O)c2ccc(F)cc2)cc1. The van der Waals surface area contributed by atoms with Gasteiger partial charge in [0, 0.05) is 21.8 Å². The van der Waals surface area contributed by atoms with Gasteiger partial charge >= 0.3 is 0 Å². The molecule has 5 nitrogen and oxygen atoms in total. The van der Waals surface area contributed by atoms with E-state index < -0.39 is 21.9 Å². The van der Waals surface area contributed by atoms with Crippen molar-refractivity contribution in [1.29, 1.82) is 0 Å². The molecule has 1 N–H and O–H groups in total. The van der Waals surface area contributed by atoms with Crippen molar-refractivity contribution in [3.8, 4) is 0 Å². The van der Waals surface area contributed by atoms with Gasteiger partial charge < -0.3 is 9.67 Å². The summed E-state index contributed by atoms with van der Waals surface area (Å²) < 4.78 is 43.8. The smallest absolute Gasteiger partial charge is 0.264 e. The summed E-state index contributed by atoms with van der Waals surface area (Å²) >= 11 is 0. The molecule has 1 atom stereocenters. The van der Waals surface area contributed by atoms with E-state index in [9.17, 15) is 17.9 Å². The molecule has 0 saturated carbocycles. The van der Waals surface area contributed by atoms with Crippen molar-refractivity contribution in [3.05, 3.63) is 108 Å². The van der Waals surface area contributed by atoms with E-state index in [0.29, 0.717) is 5.69 Å². The molecule has 0 fully saturated rings. The molecule has 5 aromatic rings. The number of hydrogen-bond donors (Lipinski definition) is 1. The predicted octanol–water partition coefficient (Wildman–Crippen LogP) is 5.50. The van der Waals surface area contributed by atoms with Crippen molar-refractivity contribution < 1.29 is 17.9 Å². The normalized spacial score (nSPS) is 12.8. The van der Waals surface area contributed by atoms with Gasteiger partial charge in [0.1, 0.15) is 5.82 Å². The highest BCUT2D eigenvalue weighted by atomic mass is 32.2. The number of anilines is 1. The van der Waals surface area contributed by atoms with Crippen LogP contribution in [0.25, 0.3) is 21.8 Å². The number of aromatic nitrogens is 1. The lowest BCUT2D eigenvalue weighted by molar-refractivity contribution is 0.166. The number of aliphatic hydroxyl groups is 1. The van der Waals surface area contributed by atoms with Gasteiger partial charge in [0.2, 0.25) is 0 Å². The summed E-state index contributed by atoms with van der Waals surface area (Å²) in [6, 6.07) is 27.7. The van der Waals surface area contributed by atoms with Crippen molar-refractivity contribution in [2.45, 2.75) is 24.5 Å². The van der Waals surface area contributed by atoms with Crippen molar-refractivity contribution in [2.75, 3.05) is 10.8 Å². The summed E-state index contributed by atoms with van der Waals surface area (Å²) in [6.07, 6.45) is -1.01. The third-order valence-corrected chi connectivity index (χ3v) is 7.98. The molecule has 35 heavy (non-hydrogen) atoms. The molecule has 0 spiro atoms. The van der Waals surface area contributed by atoms with E-state index >= 15 is 0 Å². The van der Waals surface area contributed by atoms with Crippen molar-refractivity contribution in [2.24, 2.45) is 0 Å². The van der Waals surface area contributed by atoms with Crippen LogP contribution in [0, 0.1) is 12.7 Å². The molecule has 178 valence electrons. The number of nitrogens with zero attached hydrogens (tertiary/aromatic N) is 2. The molecule has 0 bridgehead atoms. The predicted molar refractivity (Wildman–Crippen MR) is 138 cm³/mol. The Morgan fingerprint density at radius 1 is 0.829 bits per heavy atom. The van der Waals surface area contributed by atoms with Gasteiger partial charge in [-0.2, -0.15) is 0 Å². The number of para-hydroxylation sites is 2. The molecule has 7 heteroatoms. The number of aliphatic hydroxyl groups excluding tert-OH is 1. The van der Waals surface area contributed by atoms with Gasteiger partial charge in [-0.05, 0) is 55.5 Å². The van der Waals surface area contributed by atoms with Crippen LogP contribution in [0.15, 0.2) is 102 Å². The number of aryl methyl sites for hydroxylation is 1. The third-order valence-electron chi connectivity index (χ3n) is 6.17. The van der Waals surface area contributed by atoms with E-state index in [1.807, 2.05) is 72.2 Å². The Bertz CT molecular complexity index is 1540. The van der Waals surface area contributed by atoms with Crippen LogP contribution in [0.4, 0.5) is 10.1 Å². The van der Waals surface area contributed by atoms with Crippen molar-refractivity contribution in [3.63, 3.8) is 0 Å². The maximum Gasteiger partial charge on any atom is 0.264 e. The zero-order chi connectivity index (χ0) is 24.6. The number of rotatable bonds is 7. The van der Waals surface area contributed by atoms with Gasteiger partial charge in [-0.3, -0.25) is 4.31 Å². The Morgan fingerprint density at radius 2 is 1.37 bits per heavy atom. The van der Waals surface area contributed by atoms with E-state index in [1.54, 1.807) is 12.1 Å². The fourth-order valence-corrected chi connectivity index (χ4v) is 5.95. The molecule has 0 aliphatic heterocycles. The van der Waals surface area contributed by atoms with Crippen LogP contribution in [0.5, 0.6) is 0 Å². The van der Waals surface area contributed by atoms with Crippen LogP contribution in [0.1, 0.15) is 5.56 Å². The maximum atomic E-state index is 13.6. The minimum absolute atomic E-state index is 0.0384. The number of benzene rings is 4. The molecule has 0 unspecified atom stereocenters. The van der Waals surface area contributed by atoms with Crippen LogP contribution in [0.3, 0.4) is 0 Å². The van der Waals surface area contributed by atoms with Gasteiger partial charge in [0.15, 0.2) is 0 Å². The first-order valence-corrected chi connectivity index (χ1v) is 12.8. The van der Waals surface area contributed by atoms with E-state index in [-0.39, 0.29) is 18.0 Å². The molecule has 1 aromatic heterocycles. The average Bonchev–Trinajstić information content (AvgIpc) is 3.17. The number of halogens is 1. The van der Waals surface area contributed by atoms with Crippen molar-refractivity contribution >= 4 is 37.5 Å². The first kappa shape index (κ1) is 23.1. The standard InChI is InChI=1S/C28H25FN2O3S/c1-20-10-14-22(15-11-20)31(35(33,34)24-16-12-21(29)13-17-24)19-23(32)18-30-27-8-4-2-6-25(27)26-7-3-5-9-28(26)30/h2-17,23,32H,18-19H2,1H3/t23-/m1/s1.